The molecule has 1 saturated heterocycles. The van der Waals surface area contributed by atoms with Gasteiger partial charge < -0.3 is 19.1 Å². The Morgan fingerprint density at radius 1 is 1.32 bits per heavy atom. The number of methoxy groups -OCH3 is 2. The van der Waals surface area contributed by atoms with E-state index in [1.807, 2.05) is 19.1 Å². The van der Waals surface area contributed by atoms with Crippen LogP contribution in [0, 0.1) is 5.92 Å². The van der Waals surface area contributed by atoms with Crippen molar-refractivity contribution in [2.75, 3.05) is 33.9 Å². The number of para-hydroxylation sites is 1. The lowest BCUT2D eigenvalue weighted by atomic mass is 9.97. The van der Waals surface area contributed by atoms with Crippen LogP contribution < -0.4 is 14.4 Å². The largest absolute Gasteiger partial charge is 0.493 e. The van der Waals surface area contributed by atoms with Gasteiger partial charge in [-0.2, -0.15) is 0 Å². The third-order valence-electron chi connectivity index (χ3n) is 4.16. The van der Waals surface area contributed by atoms with Crippen molar-refractivity contribution in [2.45, 2.75) is 26.3 Å². The van der Waals surface area contributed by atoms with Gasteiger partial charge in [-0.15, -0.1) is 0 Å². The summed E-state index contributed by atoms with van der Waals surface area (Å²) in [5.41, 5.74) is 1.11. The minimum Gasteiger partial charge on any atom is -0.493 e. The lowest BCUT2D eigenvalue weighted by Gasteiger charge is -2.29. The topological polar surface area (TPSA) is 49.2 Å². The molecule has 122 valence electrons. The van der Waals surface area contributed by atoms with E-state index in [9.17, 15) is 4.79 Å². The van der Waals surface area contributed by atoms with Crippen molar-refractivity contribution in [1.82, 2.24) is 0 Å². The molecule has 1 N–H and O–H groups in total. The Kier molecular flexibility index (Phi) is 6.07. The fourth-order valence-corrected chi connectivity index (χ4v) is 3.14. The van der Waals surface area contributed by atoms with Crippen molar-refractivity contribution in [1.29, 1.82) is 0 Å². The monoisotopic (exact) mass is 308 g/mol. The molecule has 0 spiro atoms. The highest BCUT2D eigenvalue weighted by molar-refractivity contribution is 5.72. The van der Waals surface area contributed by atoms with Crippen molar-refractivity contribution in [3.8, 4) is 11.5 Å². The highest BCUT2D eigenvalue weighted by Crippen LogP contribution is 2.30. The Hall–Kier alpha value is -1.75. The summed E-state index contributed by atoms with van der Waals surface area (Å²) in [4.78, 5) is 13.3. The number of nitrogens with one attached hydrogen (secondary N) is 1. The normalized spacial score (nSPS) is 21.2. The van der Waals surface area contributed by atoms with E-state index in [2.05, 4.69) is 6.07 Å². The van der Waals surface area contributed by atoms with Gasteiger partial charge in [-0.1, -0.05) is 6.07 Å². The van der Waals surface area contributed by atoms with Crippen LogP contribution in [0.1, 0.15) is 25.3 Å². The zero-order valence-electron chi connectivity index (χ0n) is 13.7. The summed E-state index contributed by atoms with van der Waals surface area (Å²) in [5, 5.41) is 0. The number of hydrogen-bond acceptors (Lipinski definition) is 4. The van der Waals surface area contributed by atoms with Crippen molar-refractivity contribution in [3.63, 3.8) is 0 Å². The molecule has 1 aliphatic rings. The summed E-state index contributed by atoms with van der Waals surface area (Å²) in [6.45, 7) is 5.02. The van der Waals surface area contributed by atoms with Crippen LogP contribution >= 0.6 is 0 Å². The summed E-state index contributed by atoms with van der Waals surface area (Å²) in [6, 6.07) is 5.93. The van der Waals surface area contributed by atoms with E-state index in [4.69, 9.17) is 14.2 Å². The maximum absolute atomic E-state index is 11.9. The number of hydrogen-bond donors (Lipinski definition) is 1. The van der Waals surface area contributed by atoms with Crippen LogP contribution in [0.4, 0.5) is 0 Å². The van der Waals surface area contributed by atoms with Gasteiger partial charge >= 0.3 is 5.97 Å². The number of ether oxygens (including phenoxy) is 3. The van der Waals surface area contributed by atoms with Crippen molar-refractivity contribution >= 4 is 5.97 Å². The lowest BCUT2D eigenvalue weighted by Crippen LogP contribution is -3.12. The minimum atomic E-state index is -0.0580. The number of esters is 1. The van der Waals surface area contributed by atoms with Crippen LogP contribution in [-0.4, -0.2) is 39.9 Å². The Bertz CT molecular complexity index is 503. The average Bonchev–Trinajstić information content (AvgIpc) is 2.55. The molecule has 1 unspecified atom stereocenters. The van der Waals surface area contributed by atoms with Crippen molar-refractivity contribution in [3.05, 3.63) is 23.8 Å². The van der Waals surface area contributed by atoms with E-state index in [0.717, 1.165) is 49.5 Å². The molecule has 0 radical (unpaired) electrons. The van der Waals surface area contributed by atoms with E-state index in [0.29, 0.717) is 6.61 Å². The fraction of sp³-hybridized carbons (Fsp3) is 0.588. The first kappa shape index (κ1) is 16.6. The van der Waals surface area contributed by atoms with Gasteiger partial charge in [-0.05, 0) is 31.9 Å². The molecular weight excluding hydrogens is 282 g/mol. The predicted molar refractivity (Wildman–Crippen MR) is 83.3 cm³/mol. The molecule has 0 saturated carbocycles. The summed E-state index contributed by atoms with van der Waals surface area (Å²) < 4.78 is 16.0. The molecule has 1 heterocycles. The quantitative estimate of drug-likeness (QED) is 0.799. The van der Waals surface area contributed by atoms with Gasteiger partial charge in [0.05, 0.1) is 39.5 Å². The van der Waals surface area contributed by atoms with E-state index < -0.39 is 0 Å². The Morgan fingerprint density at radius 3 is 2.82 bits per heavy atom. The maximum atomic E-state index is 11.9. The standard InChI is InChI=1S/C17H25NO4/c1-4-22-17(19)14-8-6-10-18(12-14)11-13-7-5-9-15(20-2)16(13)21-3/h5,7,9,14H,4,6,8,10-12H2,1-3H3/p+1/t14-/m1/s1. The maximum Gasteiger partial charge on any atom is 0.314 e. The smallest absolute Gasteiger partial charge is 0.314 e. The average molecular weight is 308 g/mol. The van der Waals surface area contributed by atoms with Crippen LogP contribution in [-0.2, 0) is 16.1 Å². The zero-order chi connectivity index (χ0) is 15.9. The zero-order valence-corrected chi connectivity index (χ0v) is 13.7. The summed E-state index contributed by atoms with van der Waals surface area (Å²) in [5.74, 6) is 1.49. The number of likely N-dealkylation sites (tertiary alicyclic amines) is 1. The van der Waals surface area contributed by atoms with Gasteiger partial charge in [-0.25, -0.2) is 0 Å². The molecule has 0 aliphatic carbocycles. The van der Waals surface area contributed by atoms with Gasteiger partial charge in [0.25, 0.3) is 0 Å². The number of benzene rings is 1. The molecule has 1 fully saturated rings. The third kappa shape index (κ3) is 3.91. The molecule has 0 amide bonds. The summed E-state index contributed by atoms with van der Waals surface area (Å²) in [7, 11) is 3.31. The molecule has 0 bridgehead atoms. The van der Waals surface area contributed by atoms with Gasteiger partial charge in [0.15, 0.2) is 11.5 Å². The molecule has 5 nitrogen and oxygen atoms in total. The van der Waals surface area contributed by atoms with Crippen molar-refractivity contribution < 1.29 is 23.9 Å². The highest BCUT2D eigenvalue weighted by Gasteiger charge is 2.30. The SMILES string of the molecule is CCOC(=O)[C@@H]1CCC[NH+](Cc2cccc(OC)c2OC)C1. The second-order valence-electron chi connectivity index (χ2n) is 5.62. The van der Waals surface area contributed by atoms with Crippen molar-refractivity contribution in [2.24, 2.45) is 5.92 Å². The fourth-order valence-electron chi connectivity index (χ4n) is 3.14. The molecule has 2 rings (SSSR count). The lowest BCUT2D eigenvalue weighted by molar-refractivity contribution is -0.921. The van der Waals surface area contributed by atoms with Gasteiger partial charge in [0, 0.05) is 0 Å². The Balaban J connectivity index is 2.06. The third-order valence-corrected chi connectivity index (χ3v) is 4.16. The van der Waals surface area contributed by atoms with Gasteiger partial charge in [0.2, 0.25) is 0 Å². The number of piperidine rings is 1. The molecule has 0 aromatic heterocycles. The molecule has 22 heavy (non-hydrogen) atoms. The van der Waals surface area contributed by atoms with Crippen LogP contribution in [0.3, 0.4) is 0 Å². The minimum absolute atomic E-state index is 0.0142. The predicted octanol–water partition coefficient (Wildman–Crippen LogP) is 1.06. The van der Waals surface area contributed by atoms with E-state index in [1.54, 1.807) is 14.2 Å². The Labute approximate surface area is 132 Å². The van der Waals surface area contributed by atoms with Gasteiger partial charge in [0.1, 0.15) is 12.5 Å². The number of rotatable bonds is 6. The molecule has 2 atom stereocenters. The molecule has 1 aliphatic heterocycles. The van der Waals surface area contributed by atoms with Crippen LogP contribution in [0.5, 0.6) is 11.5 Å². The first-order chi connectivity index (χ1) is 10.7. The van der Waals surface area contributed by atoms with E-state index in [-0.39, 0.29) is 11.9 Å². The number of quaternary nitrogens is 1. The molecule has 1 aromatic rings. The van der Waals surface area contributed by atoms with E-state index in [1.165, 1.54) is 4.90 Å². The van der Waals surface area contributed by atoms with Crippen LogP contribution in [0.2, 0.25) is 0 Å². The van der Waals surface area contributed by atoms with E-state index >= 15 is 0 Å². The van der Waals surface area contributed by atoms with Crippen LogP contribution in [0.15, 0.2) is 18.2 Å². The van der Waals surface area contributed by atoms with Crippen LogP contribution in [0.25, 0.3) is 0 Å². The second-order valence-corrected chi connectivity index (χ2v) is 5.62. The second kappa shape index (κ2) is 8.03. The molecular formula is C17H26NO4+. The number of carbonyl (C=O) groups is 1. The summed E-state index contributed by atoms with van der Waals surface area (Å²) >= 11 is 0. The first-order valence-corrected chi connectivity index (χ1v) is 7.89. The Morgan fingerprint density at radius 2 is 2.14 bits per heavy atom. The molecule has 1 aromatic carbocycles. The number of carbonyl (C=O) groups excluding carboxylic acids is 1. The highest BCUT2D eigenvalue weighted by atomic mass is 16.5. The first-order valence-electron chi connectivity index (χ1n) is 7.89. The summed E-state index contributed by atoms with van der Waals surface area (Å²) in [6.07, 6.45) is 1.97. The van der Waals surface area contributed by atoms with Gasteiger partial charge in [-0.3, -0.25) is 4.79 Å². The molecule has 5 heteroatoms.